The molecule has 2 aromatic heterocycles. The Labute approximate surface area is 175 Å². The van der Waals surface area contributed by atoms with Gasteiger partial charge in [-0.15, -0.1) is 0 Å². The molecule has 0 bridgehead atoms. The summed E-state index contributed by atoms with van der Waals surface area (Å²) in [5.74, 6) is -0.121. The molecule has 0 fully saturated rings. The van der Waals surface area contributed by atoms with Gasteiger partial charge in [0.05, 0.1) is 39.1 Å². The fourth-order valence-electron chi connectivity index (χ4n) is 2.80. The lowest BCUT2D eigenvalue weighted by atomic mass is 10.1. The van der Waals surface area contributed by atoms with Crippen molar-refractivity contribution >= 4 is 37.8 Å². The maximum absolute atomic E-state index is 12.5. The Kier molecular flexibility index (Phi) is 6.16. The molecule has 0 unspecified atom stereocenters. The summed E-state index contributed by atoms with van der Waals surface area (Å²) in [5.41, 5.74) is 4.49. The molecule has 3 rings (SSSR count). The van der Waals surface area contributed by atoms with Gasteiger partial charge >= 0.3 is 0 Å². The standard InChI is InChI=1S/C19H21Br2N5O/c1-4-25-11-16(20)17(24-25)9-22-19(27)15-7-5-6-14(8-15)10-26-13(3)18(21)12(2)23-26/h5-8,11H,4,9-10H2,1-3H3,(H,22,27). The van der Waals surface area contributed by atoms with Gasteiger partial charge in [0.1, 0.15) is 0 Å². The van der Waals surface area contributed by atoms with E-state index in [0.29, 0.717) is 18.7 Å². The van der Waals surface area contributed by atoms with Crippen LogP contribution in [0.3, 0.4) is 0 Å². The van der Waals surface area contributed by atoms with Crippen LogP contribution in [-0.2, 0) is 19.6 Å². The number of hydrogen-bond acceptors (Lipinski definition) is 3. The van der Waals surface area contributed by atoms with Crippen LogP contribution in [0.25, 0.3) is 0 Å². The molecule has 0 radical (unpaired) electrons. The largest absolute Gasteiger partial charge is 0.346 e. The predicted octanol–water partition coefficient (Wildman–Crippen LogP) is 4.22. The number of rotatable bonds is 6. The molecule has 8 heteroatoms. The highest BCUT2D eigenvalue weighted by molar-refractivity contribution is 9.10. The Hall–Kier alpha value is -1.93. The summed E-state index contributed by atoms with van der Waals surface area (Å²) in [6.07, 6.45) is 1.91. The van der Waals surface area contributed by atoms with E-state index in [1.807, 2.05) is 60.6 Å². The van der Waals surface area contributed by atoms with E-state index < -0.39 is 0 Å². The number of aryl methyl sites for hydroxylation is 2. The number of aromatic nitrogens is 4. The average Bonchev–Trinajstić information content (AvgIpc) is 3.14. The van der Waals surface area contributed by atoms with Crippen molar-refractivity contribution in [1.29, 1.82) is 0 Å². The van der Waals surface area contributed by atoms with Crippen LogP contribution >= 0.6 is 31.9 Å². The second kappa shape index (κ2) is 8.39. The Balaban J connectivity index is 1.69. The van der Waals surface area contributed by atoms with Crippen LogP contribution < -0.4 is 5.32 Å². The first-order chi connectivity index (χ1) is 12.9. The minimum absolute atomic E-state index is 0.121. The smallest absolute Gasteiger partial charge is 0.251 e. The number of hydrogen-bond donors (Lipinski definition) is 1. The van der Waals surface area contributed by atoms with E-state index in [-0.39, 0.29) is 5.91 Å². The number of nitrogens with zero attached hydrogens (tertiary/aromatic N) is 4. The highest BCUT2D eigenvalue weighted by Crippen LogP contribution is 2.21. The summed E-state index contributed by atoms with van der Waals surface area (Å²) in [7, 11) is 0. The third kappa shape index (κ3) is 4.50. The number of halogens is 2. The van der Waals surface area contributed by atoms with E-state index in [1.165, 1.54) is 0 Å². The lowest BCUT2D eigenvalue weighted by Gasteiger charge is -2.08. The second-order valence-corrected chi connectivity index (χ2v) is 7.95. The first-order valence-electron chi connectivity index (χ1n) is 8.67. The molecule has 2 heterocycles. The molecule has 1 aromatic carbocycles. The van der Waals surface area contributed by atoms with Gasteiger partial charge in [-0.3, -0.25) is 14.2 Å². The third-order valence-electron chi connectivity index (χ3n) is 4.34. The molecule has 0 saturated heterocycles. The minimum Gasteiger partial charge on any atom is -0.346 e. The zero-order valence-corrected chi connectivity index (χ0v) is 18.6. The molecule has 0 atom stereocenters. The lowest BCUT2D eigenvalue weighted by molar-refractivity contribution is 0.0950. The van der Waals surface area contributed by atoms with Crippen LogP contribution in [0.1, 0.15) is 39.9 Å². The maximum atomic E-state index is 12.5. The Morgan fingerprint density at radius 1 is 1.22 bits per heavy atom. The van der Waals surface area contributed by atoms with E-state index in [0.717, 1.165) is 38.1 Å². The van der Waals surface area contributed by atoms with Gasteiger partial charge in [0.15, 0.2) is 0 Å². The predicted molar refractivity (Wildman–Crippen MR) is 112 cm³/mol. The van der Waals surface area contributed by atoms with Crippen LogP contribution in [0.5, 0.6) is 0 Å². The van der Waals surface area contributed by atoms with Gasteiger partial charge < -0.3 is 5.32 Å². The molecule has 0 spiro atoms. The van der Waals surface area contributed by atoms with Gasteiger partial charge in [-0.05, 0) is 70.3 Å². The number of amides is 1. The first-order valence-corrected chi connectivity index (χ1v) is 10.3. The van der Waals surface area contributed by atoms with Crippen molar-refractivity contribution in [1.82, 2.24) is 24.9 Å². The summed E-state index contributed by atoms with van der Waals surface area (Å²) in [5, 5.41) is 11.9. The molecular weight excluding hydrogens is 474 g/mol. The van der Waals surface area contributed by atoms with Crippen LogP contribution in [0.15, 0.2) is 39.4 Å². The minimum atomic E-state index is -0.121. The van der Waals surface area contributed by atoms with E-state index in [1.54, 1.807) is 0 Å². The summed E-state index contributed by atoms with van der Waals surface area (Å²) in [4.78, 5) is 12.5. The molecule has 0 aliphatic rings. The van der Waals surface area contributed by atoms with Gasteiger partial charge in [0.25, 0.3) is 5.91 Å². The molecule has 1 N–H and O–H groups in total. The summed E-state index contributed by atoms with van der Waals surface area (Å²) in [6, 6.07) is 7.61. The summed E-state index contributed by atoms with van der Waals surface area (Å²) in [6.45, 7) is 7.79. The molecule has 27 heavy (non-hydrogen) atoms. The van der Waals surface area contributed by atoms with Gasteiger partial charge in [0, 0.05) is 18.3 Å². The normalized spacial score (nSPS) is 11.0. The van der Waals surface area contributed by atoms with E-state index in [9.17, 15) is 4.79 Å². The highest BCUT2D eigenvalue weighted by atomic mass is 79.9. The number of carbonyl (C=O) groups excluding carboxylic acids is 1. The van der Waals surface area contributed by atoms with E-state index in [2.05, 4.69) is 47.4 Å². The first kappa shape index (κ1) is 19.8. The Morgan fingerprint density at radius 3 is 2.63 bits per heavy atom. The van der Waals surface area contributed by atoms with Crippen molar-refractivity contribution in [3.63, 3.8) is 0 Å². The van der Waals surface area contributed by atoms with Crippen molar-refractivity contribution in [2.75, 3.05) is 0 Å². The summed E-state index contributed by atoms with van der Waals surface area (Å²) >= 11 is 7.03. The van der Waals surface area contributed by atoms with Gasteiger partial charge in [-0.25, -0.2) is 0 Å². The fourth-order valence-corrected chi connectivity index (χ4v) is 3.54. The van der Waals surface area contributed by atoms with Crippen LogP contribution in [0.2, 0.25) is 0 Å². The number of nitrogens with one attached hydrogen (secondary N) is 1. The maximum Gasteiger partial charge on any atom is 0.251 e. The van der Waals surface area contributed by atoms with Crippen molar-refractivity contribution in [2.24, 2.45) is 0 Å². The highest BCUT2D eigenvalue weighted by Gasteiger charge is 2.12. The molecular formula is C19H21Br2N5O. The van der Waals surface area contributed by atoms with Gasteiger partial charge in [0.2, 0.25) is 0 Å². The van der Waals surface area contributed by atoms with Crippen LogP contribution in [-0.4, -0.2) is 25.5 Å². The van der Waals surface area contributed by atoms with Crippen molar-refractivity contribution < 1.29 is 4.79 Å². The average molecular weight is 495 g/mol. The third-order valence-corrected chi connectivity index (χ3v) is 6.15. The van der Waals surface area contributed by atoms with Gasteiger partial charge in [-0.1, -0.05) is 12.1 Å². The van der Waals surface area contributed by atoms with E-state index in [4.69, 9.17) is 0 Å². The molecule has 142 valence electrons. The molecule has 0 aliphatic carbocycles. The van der Waals surface area contributed by atoms with E-state index >= 15 is 0 Å². The van der Waals surface area contributed by atoms with Crippen molar-refractivity contribution in [2.45, 2.75) is 40.4 Å². The zero-order valence-electron chi connectivity index (χ0n) is 15.5. The molecule has 3 aromatic rings. The van der Waals surface area contributed by atoms with Crippen molar-refractivity contribution in [3.05, 3.63) is 67.6 Å². The molecule has 0 aliphatic heterocycles. The van der Waals surface area contributed by atoms with Gasteiger partial charge in [-0.2, -0.15) is 10.2 Å². The molecule has 0 saturated carbocycles. The molecule has 6 nitrogen and oxygen atoms in total. The topological polar surface area (TPSA) is 64.7 Å². The van der Waals surface area contributed by atoms with Crippen LogP contribution in [0.4, 0.5) is 0 Å². The number of benzene rings is 1. The lowest BCUT2D eigenvalue weighted by Crippen LogP contribution is -2.23. The second-order valence-electron chi connectivity index (χ2n) is 6.30. The number of carbonyl (C=O) groups is 1. The monoisotopic (exact) mass is 493 g/mol. The van der Waals surface area contributed by atoms with Crippen LogP contribution in [0, 0.1) is 13.8 Å². The summed E-state index contributed by atoms with van der Waals surface area (Å²) < 4.78 is 5.69. The molecule has 1 amide bonds. The van der Waals surface area contributed by atoms with Crippen molar-refractivity contribution in [3.8, 4) is 0 Å². The quantitative estimate of drug-likeness (QED) is 0.558. The fraction of sp³-hybridized carbons (Fsp3) is 0.316. The SMILES string of the molecule is CCn1cc(Br)c(CNC(=O)c2cccc(Cn3nc(C)c(Br)c3C)c2)n1. The Bertz CT molecular complexity index is 977. The zero-order chi connectivity index (χ0) is 19.6. The Morgan fingerprint density at radius 2 is 2.00 bits per heavy atom.